The Labute approximate surface area is 150 Å². The average Bonchev–Trinajstić information content (AvgIpc) is 3.08. The largest absolute Gasteiger partial charge is 0.383 e. The molecule has 0 radical (unpaired) electrons. The molecule has 0 amide bonds. The maximum atomic E-state index is 6.23. The maximum absolute atomic E-state index is 6.23. The van der Waals surface area contributed by atoms with E-state index in [9.17, 15) is 0 Å². The molecule has 0 bridgehead atoms. The number of pyridine rings is 1. The fraction of sp³-hybridized carbons (Fsp3) is 0.150. The van der Waals surface area contributed by atoms with Gasteiger partial charge < -0.3 is 5.73 Å². The quantitative estimate of drug-likeness (QED) is 0.572. The summed E-state index contributed by atoms with van der Waals surface area (Å²) >= 11 is 1.68. The normalized spacial score (nSPS) is 12.4. The van der Waals surface area contributed by atoms with Gasteiger partial charge in [0.05, 0.1) is 5.39 Å². The van der Waals surface area contributed by atoms with Crippen molar-refractivity contribution in [3.8, 4) is 11.4 Å². The number of hydrogen-bond donors (Lipinski definition) is 1. The molecule has 4 rings (SSSR count). The summed E-state index contributed by atoms with van der Waals surface area (Å²) in [6.45, 7) is 2.17. The first-order valence-corrected chi connectivity index (χ1v) is 9.11. The summed E-state index contributed by atoms with van der Waals surface area (Å²) in [7, 11) is 0. The number of thiophene rings is 1. The number of rotatable bonds is 4. The molecule has 25 heavy (non-hydrogen) atoms. The molecule has 0 aliphatic heterocycles. The number of nitrogens with zero attached hydrogens (tertiary/aromatic N) is 3. The first kappa shape index (κ1) is 15.7. The maximum Gasteiger partial charge on any atom is 0.163 e. The van der Waals surface area contributed by atoms with Gasteiger partial charge in [0.1, 0.15) is 10.6 Å². The number of nitrogen functional groups attached to an aromatic ring is 1. The van der Waals surface area contributed by atoms with E-state index >= 15 is 0 Å². The molecule has 0 saturated carbocycles. The number of aromatic nitrogens is 3. The highest BCUT2D eigenvalue weighted by molar-refractivity contribution is 7.18. The zero-order chi connectivity index (χ0) is 17.2. The van der Waals surface area contributed by atoms with Crippen LogP contribution in [0.2, 0.25) is 0 Å². The third kappa shape index (κ3) is 2.98. The Morgan fingerprint density at radius 3 is 2.56 bits per heavy atom. The van der Waals surface area contributed by atoms with E-state index in [2.05, 4.69) is 29.0 Å². The minimum Gasteiger partial charge on any atom is -0.383 e. The molecule has 0 spiro atoms. The Bertz CT molecular complexity index is 996. The van der Waals surface area contributed by atoms with E-state index in [4.69, 9.17) is 10.7 Å². The van der Waals surface area contributed by atoms with Gasteiger partial charge in [-0.3, -0.25) is 4.98 Å². The van der Waals surface area contributed by atoms with Gasteiger partial charge in [0.15, 0.2) is 5.82 Å². The predicted octanol–water partition coefficient (Wildman–Crippen LogP) is 4.88. The summed E-state index contributed by atoms with van der Waals surface area (Å²) in [5, 5.41) is 0.925. The van der Waals surface area contributed by atoms with Crippen molar-refractivity contribution >= 4 is 27.4 Å². The lowest BCUT2D eigenvalue weighted by Gasteiger charge is -2.11. The lowest BCUT2D eigenvalue weighted by Crippen LogP contribution is -1.99. The lowest BCUT2D eigenvalue weighted by molar-refractivity contribution is 0.763. The van der Waals surface area contributed by atoms with Crippen molar-refractivity contribution < 1.29 is 0 Å². The summed E-state index contributed by atoms with van der Waals surface area (Å²) in [6.07, 6.45) is 2.82. The first-order valence-electron chi connectivity index (χ1n) is 8.29. The van der Waals surface area contributed by atoms with Crippen molar-refractivity contribution in [2.24, 2.45) is 0 Å². The van der Waals surface area contributed by atoms with Gasteiger partial charge in [-0.1, -0.05) is 43.3 Å². The SMILES string of the molecule is CCC(c1ccccn1)c1cc2c(N)nc(-c3ccccc3)nc2s1. The molecular weight excluding hydrogens is 328 g/mol. The molecule has 1 atom stereocenters. The minimum absolute atomic E-state index is 0.250. The highest BCUT2D eigenvalue weighted by Crippen LogP contribution is 2.37. The Kier molecular flexibility index (Phi) is 4.15. The van der Waals surface area contributed by atoms with Crippen LogP contribution < -0.4 is 5.73 Å². The van der Waals surface area contributed by atoms with Gasteiger partial charge in [-0.25, -0.2) is 9.97 Å². The average molecular weight is 346 g/mol. The second-order valence-corrected chi connectivity index (χ2v) is 6.94. The minimum atomic E-state index is 0.250. The second kappa shape index (κ2) is 6.61. The van der Waals surface area contributed by atoms with Crippen LogP contribution >= 0.6 is 11.3 Å². The molecule has 4 nitrogen and oxygen atoms in total. The lowest BCUT2D eigenvalue weighted by atomic mass is 9.99. The van der Waals surface area contributed by atoms with Crippen LogP contribution in [0.5, 0.6) is 0 Å². The Morgan fingerprint density at radius 2 is 1.84 bits per heavy atom. The molecule has 5 heteroatoms. The fourth-order valence-corrected chi connectivity index (χ4v) is 4.22. The standard InChI is InChI=1S/C20H18N4S/c1-2-14(16-10-6-7-11-22-16)17-12-15-18(21)23-19(24-20(15)25-17)13-8-4-3-5-9-13/h3-12,14H,2H2,1H3,(H2,21,23,24). The molecule has 3 aromatic heterocycles. The highest BCUT2D eigenvalue weighted by Gasteiger charge is 2.18. The number of anilines is 1. The molecule has 0 saturated heterocycles. The van der Waals surface area contributed by atoms with Gasteiger partial charge >= 0.3 is 0 Å². The van der Waals surface area contributed by atoms with Crippen LogP contribution in [-0.2, 0) is 0 Å². The molecule has 3 heterocycles. The van der Waals surface area contributed by atoms with Crippen molar-refractivity contribution in [1.29, 1.82) is 0 Å². The van der Waals surface area contributed by atoms with Gasteiger partial charge in [0, 0.05) is 28.2 Å². The molecule has 0 aliphatic rings. The molecule has 1 unspecified atom stereocenters. The van der Waals surface area contributed by atoms with E-state index in [1.807, 2.05) is 48.7 Å². The topological polar surface area (TPSA) is 64.7 Å². The van der Waals surface area contributed by atoms with E-state index < -0.39 is 0 Å². The number of benzene rings is 1. The van der Waals surface area contributed by atoms with Crippen molar-refractivity contribution in [1.82, 2.24) is 15.0 Å². The molecule has 4 aromatic rings. The Hall–Kier alpha value is -2.79. The molecule has 2 N–H and O–H groups in total. The molecule has 0 aliphatic carbocycles. The van der Waals surface area contributed by atoms with Crippen LogP contribution in [0.15, 0.2) is 60.8 Å². The van der Waals surface area contributed by atoms with Gasteiger partial charge in [0.25, 0.3) is 0 Å². The van der Waals surface area contributed by atoms with Crippen LogP contribution in [0, 0.1) is 0 Å². The summed E-state index contributed by atoms with van der Waals surface area (Å²) in [5.74, 6) is 1.45. The van der Waals surface area contributed by atoms with E-state index in [1.165, 1.54) is 4.88 Å². The summed E-state index contributed by atoms with van der Waals surface area (Å²) in [4.78, 5) is 15.9. The second-order valence-electron chi connectivity index (χ2n) is 5.88. The van der Waals surface area contributed by atoms with Gasteiger partial charge in [-0.2, -0.15) is 0 Å². The molecular formula is C20H18N4S. The Morgan fingerprint density at radius 1 is 1.04 bits per heavy atom. The van der Waals surface area contributed by atoms with Gasteiger partial charge in [-0.05, 0) is 24.6 Å². The van der Waals surface area contributed by atoms with Crippen LogP contribution in [-0.4, -0.2) is 15.0 Å². The summed E-state index contributed by atoms with van der Waals surface area (Å²) in [6, 6.07) is 18.1. The van der Waals surface area contributed by atoms with E-state index in [-0.39, 0.29) is 5.92 Å². The van der Waals surface area contributed by atoms with Crippen LogP contribution in [0.1, 0.15) is 29.8 Å². The zero-order valence-electron chi connectivity index (χ0n) is 13.9. The number of nitrogens with two attached hydrogens (primary N) is 1. The van der Waals surface area contributed by atoms with E-state index in [0.717, 1.165) is 27.9 Å². The van der Waals surface area contributed by atoms with Crippen LogP contribution in [0.3, 0.4) is 0 Å². The Balaban J connectivity index is 1.81. The van der Waals surface area contributed by atoms with Gasteiger partial charge in [0.2, 0.25) is 0 Å². The van der Waals surface area contributed by atoms with Crippen LogP contribution in [0.4, 0.5) is 5.82 Å². The van der Waals surface area contributed by atoms with Gasteiger partial charge in [-0.15, -0.1) is 11.3 Å². The number of hydrogen-bond acceptors (Lipinski definition) is 5. The molecule has 1 aromatic carbocycles. The third-order valence-electron chi connectivity index (χ3n) is 4.27. The van der Waals surface area contributed by atoms with Crippen molar-refractivity contribution in [3.05, 3.63) is 71.4 Å². The predicted molar refractivity (Wildman–Crippen MR) is 104 cm³/mol. The summed E-state index contributed by atoms with van der Waals surface area (Å²) in [5.41, 5.74) is 8.28. The molecule has 124 valence electrons. The van der Waals surface area contributed by atoms with E-state index in [0.29, 0.717) is 11.6 Å². The first-order chi connectivity index (χ1) is 12.3. The highest BCUT2D eigenvalue weighted by atomic mass is 32.1. The smallest absolute Gasteiger partial charge is 0.163 e. The van der Waals surface area contributed by atoms with Crippen molar-refractivity contribution in [3.63, 3.8) is 0 Å². The monoisotopic (exact) mass is 346 g/mol. The van der Waals surface area contributed by atoms with Crippen LogP contribution in [0.25, 0.3) is 21.6 Å². The van der Waals surface area contributed by atoms with E-state index in [1.54, 1.807) is 11.3 Å². The third-order valence-corrected chi connectivity index (χ3v) is 5.41. The summed E-state index contributed by atoms with van der Waals surface area (Å²) < 4.78 is 0. The fourth-order valence-electron chi connectivity index (χ4n) is 2.99. The van der Waals surface area contributed by atoms with Crippen molar-refractivity contribution in [2.45, 2.75) is 19.3 Å². The van der Waals surface area contributed by atoms with Crippen molar-refractivity contribution in [2.75, 3.05) is 5.73 Å². The molecule has 0 fully saturated rings. The number of fused-ring (bicyclic) bond motifs is 1. The zero-order valence-corrected chi connectivity index (χ0v) is 14.7.